The zero-order chi connectivity index (χ0) is 26.3. The van der Waals surface area contributed by atoms with Crippen LogP contribution in [0.4, 0.5) is 0 Å². The highest BCUT2D eigenvalue weighted by Crippen LogP contribution is 2.43. The smallest absolute Gasteiger partial charge is 0.128 e. The molecule has 2 nitrogen and oxygen atoms in total. The van der Waals surface area contributed by atoms with E-state index in [-0.39, 0.29) is 5.41 Å². The minimum Gasteiger partial charge on any atom is -0.496 e. The molecule has 5 aromatic carbocycles. The van der Waals surface area contributed by atoms with E-state index < -0.39 is 0 Å². The molecule has 0 unspecified atom stereocenters. The van der Waals surface area contributed by atoms with Crippen molar-refractivity contribution in [3.63, 3.8) is 0 Å². The van der Waals surface area contributed by atoms with Gasteiger partial charge in [0.05, 0.1) is 28.6 Å². The first-order valence-electron chi connectivity index (χ1n) is 12.9. The highest BCUT2D eigenvalue weighted by molar-refractivity contribution is 7.25. The van der Waals surface area contributed by atoms with Crippen molar-refractivity contribution < 1.29 is 4.74 Å². The summed E-state index contributed by atoms with van der Waals surface area (Å²) in [5.41, 5.74) is 5.79. The van der Waals surface area contributed by atoms with Crippen LogP contribution in [0.25, 0.3) is 58.4 Å². The highest BCUT2D eigenvalue weighted by Gasteiger charge is 2.22. The number of halogens is 1. The van der Waals surface area contributed by atoms with Crippen molar-refractivity contribution >= 4 is 75.7 Å². The maximum absolute atomic E-state index is 6.93. The van der Waals surface area contributed by atoms with Gasteiger partial charge >= 0.3 is 0 Å². The van der Waals surface area contributed by atoms with Gasteiger partial charge in [0.15, 0.2) is 0 Å². The number of aromatic nitrogens is 1. The molecule has 0 atom stereocenters. The van der Waals surface area contributed by atoms with Crippen molar-refractivity contribution in [2.75, 3.05) is 7.11 Å². The lowest BCUT2D eigenvalue weighted by Crippen LogP contribution is -2.10. The van der Waals surface area contributed by atoms with Gasteiger partial charge in [0.25, 0.3) is 0 Å². The number of hydrogen-bond donors (Lipinski definition) is 0. The molecular formula is C34H28ClNOS. The Morgan fingerprint density at radius 1 is 0.763 bits per heavy atom. The summed E-state index contributed by atoms with van der Waals surface area (Å²) in [7, 11) is 1.73. The third-order valence-electron chi connectivity index (χ3n) is 7.73. The molecule has 7 aromatic rings. The lowest BCUT2D eigenvalue weighted by Gasteiger charge is -2.19. The number of methoxy groups -OCH3 is 1. The van der Waals surface area contributed by atoms with Gasteiger partial charge in [0.1, 0.15) is 5.75 Å². The Kier molecular flexibility index (Phi) is 5.11. The number of aryl methyl sites for hydroxylation is 1. The number of rotatable bonds is 2. The van der Waals surface area contributed by atoms with E-state index in [0.717, 1.165) is 33.2 Å². The lowest BCUT2D eigenvalue weighted by molar-refractivity contribution is 0.420. The second-order valence-electron chi connectivity index (χ2n) is 11.3. The number of ether oxygens (including phenoxy) is 1. The van der Waals surface area contributed by atoms with E-state index in [1.54, 1.807) is 7.11 Å². The van der Waals surface area contributed by atoms with Crippen LogP contribution in [0, 0.1) is 6.92 Å². The number of fused-ring (bicyclic) bond motifs is 7. The topological polar surface area (TPSA) is 14.2 Å². The van der Waals surface area contributed by atoms with Gasteiger partial charge < -0.3 is 9.30 Å². The molecule has 0 bridgehead atoms. The van der Waals surface area contributed by atoms with Crippen molar-refractivity contribution in [2.24, 2.45) is 0 Å². The first-order chi connectivity index (χ1) is 18.2. The maximum atomic E-state index is 6.93. The molecule has 0 N–H and O–H groups in total. The number of thiophene rings is 1. The second kappa shape index (κ2) is 8.23. The Morgan fingerprint density at radius 2 is 1.58 bits per heavy atom. The van der Waals surface area contributed by atoms with Gasteiger partial charge in [-0.2, -0.15) is 0 Å². The summed E-state index contributed by atoms with van der Waals surface area (Å²) in [5.74, 6) is 0.835. The Hall–Kier alpha value is -3.53. The third-order valence-corrected chi connectivity index (χ3v) is 9.17. The molecule has 0 aliphatic carbocycles. The summed E-state index contributed by atoms with van der Waals surface area (Å²) in [4.78, 5) is 0. The summed E-state index contributed by atoms with van der Waals surface area (Å²) in [6, 6.07) is 28.8. The van der Waals surface area contributed by atoms with Crippen LogP contribution >= 0.6 is 22.9 Å². The van der Waals surface area contributed by atoms with E-state index in [1.807, 2.05) is 23.5 Å². The van der Waals surface area contributed by atoms with Gasteiger partial charge in [-0.1, -0.05) is 56.1 Å². The normalized spacial score (nSPS) is 12.5. The molecule has 38 heavy (non-hydrogen) atoms. The van der Waals surface area contributed by atoms with Crippen LogP contribution in [0.1, 0.15) is 31.9 Å². The molecule has 0 fully saturated rings. The molecule has 0 saturated heterocycles. The quantitative estimate of drug-likeness (QED) is 0.215. The predicted molar refractivity (Wildman–Crippen MR) is 166 cm³/mol. The van der Waals surface area contributed by atoms with Crippen molar-refractivity contribution in [3.8, 4) is 11.4 Å². The lowest BCUT2D eigenvalue weighted by atomic mass is 9.86. The Morgan fingerprint density at radius 3 is 2.37 bits per heavy atom. The third kappa shape index (κ3) is 3.46. The predicted octanol–water partition coefficient (Wildman–Crippen LogP) is 10.6. The van der Waals surface area contributed by atoms with Crippen molar-refractivity contribution in [1.29, 1.82) is 0 Å². The zero-order valence-electron chi connectivity index (χ0n) is 22.1. The molecule has 188 valence electrons. The largest absolute Gasteiger partial charge is 0.496 e. The zero-order valence-corrected chi connectivity index (χ0v) is 23.7. The van der Waals surface area contributed by atoms with Gasteiger partial charge in [-0.15, -0.1) is 11.3 Å². The number of nitrogens with zero attached hydrogens (tertiary/aromatic N) is 1. The van der Waals surface area contributed by atoms with Gasteiger partial charge in [0, 0.05) is 31.2 Å². The minimum absolute atomic E-state index is 0.0322. The van der Waals surface area contributed by atoms with Crippen molar-refractivity contribution in [2.45, 2.75) is 33.1 Å². The molecule has 0 aliphatic heterocycles. The molecule has 2 heterocycles. The fourth-order valence-electron chi connectivity index (χ4n) is 5.74. The Labute approximate surface area is 231 Å². The first kappa shape index (κ1) is 23.6. The van der Waals surface area contributed by atoms with Crippen LogP contribution in [0.5, 0.6) is 5.75 Å². The molecule has 7 rings (SSSR count). The van der Waals surface area contributed by atoms with Crippen LogP contribution in [0.2, 0.25) is 5.02 Å². The fourth-order valence-corrected chi connectivity index (χ4v) is 7.10. The molecular weight excluding hydrogens is 506 g/mol. The average Bonchev–Trinajstić information content (AvgIpc) is 3.42. The van der Waals surface area contributed by atoms with E-state index in [1.165, 1.54) is 42.1 Å². The monoisotopic (exact) mass is 533 g/mol. The molecule has 0 saturated carbocycles. The summed E-state index contributed by atoms with van der Waals surface area (Å²) < 4.78 is 10.8. The van der Waals surface area contributed by atoms with Gasteiger partial charge in [-0.25, -0.2) is 0 Å². The fraction of sp³-hybridized carbons (Fsp3) is 0.176. The van der Waals surface area contributed by atoms with E-state index >= 15 is 0 Å². The maximum Gasteiger partial charge on any atom is 0.128 e. The molecule has 4 heteroatoms. The summed E-state index contributed by atoms with van der Waals surface area (Å²) in [6.07, 6.45) is 0. The summed E-state index contributed by atoms with van der Waals surface area (Å²) >= 11 is 8.79. The molecule has 0 aliphatic rings. The Balaban J connectivity index is 1.56. The Bertz CT molecular complexity index is 2070. The number of benzene rings is 5. The SMILES string of the molecule is COc1ccc(Cl)c2c1c1cc(C(C)(C)C)ccc1n2-c1ccc2cc3sc4ccc(C)cc4c3cc2c1. The van der Waals surface area contributed by atoms with Crippen LogP contribution in [-0.4, -0.2) is 11.7 Å². The molecule has 2 aromatic heterocycles. The number of hydrogen-bond acceptors (Lipinski definition) is 2. The second-order valence-corrected chi connectivity index (χ2v) is 12.8. The van der Waals surface area contributed by atoms with E-state index in [9.17, 15) is 0 Å². The van der Waals surface area contributed by atoms with Crippen LogP contribution in [-0.2, 0) is 5.41 Å². The van der Waals surface area contributed by atoms with Crippen LogP contribution < -0.4 is 4.74 Å². The van der Waals surface area contributed by atoms with Gasteiger partial charge in [-0.3, -0.25) is 0 Å². The minimum atomic E-state index is 0.0322. The molecule has 0 spiro atoms. The molecule has 0 radical (unpaired) electrons. The van der Waals surface area contributed by atoms with Gasteiger partial charge in [0.2, 0.25) is 0 Å². The van der Waals surface area contributed by atoms with E-state index in [0.29, 0.717) is 5.02 Å². The van der Waals surface area contributed by atoms with E-state index in [2.05, 4.69) is 99.0 Å². The van der Waals surface area contributed by atoms with Crippen LogP contribution in [0.3, 0.4) is 0 Å². The highest BCUT2D eigenvalue weighted by atomic mass is 35.5. The first-order valence-corrected chi connectivity index (χ1v) is 14.1. The summed E-state index contributed by atoms with van der Waals surface area (Å²) in [6.45, 7) is 8.90. The molecule has 0 amide bonds. The van der Waals surface area contributed by atoms with E-state index in [4.69, 9.17) is 16.3 Å². The van der Waals surface area contributed by atoms with Crippen molar-refractivity contribution in [1.82, 2.24) is 4.57 Å². The average molecular weight is 534 g/mol. The van der Waals surface area contributed by atoms with Crippen LogP contribution in [0.15, 0.2) is 78.9 Å². The van der Waals surface area contributed by atoms with Gasteiger partial charge in [-0.05, 0) is 89.3 Å². The summed E-state index contributed by atoms with van der Waals surface area (Å²) in [5, 5.41) is 8.02. The standard InChI is InChI=1S/C34H28ClNOS/c1-19-6-13-30-24(14-19)25-16-21-15-23(9-7-20(21)17-31(25)38-30)36-28-11-8-22(34(2,3)4)18-26(28)32-29(37-5)12-10-27(35)33(32)36/h6-18H,1-5H3. The van der Waals surface area contributed by atoms with Crippen molar-refractivity contribution in [3.05, 3.63) is 95.0 Å².